The van der Waals surface area contributed by atoms with Gasteiger partial charge in [0.1, 0.15) is 0 Å². The Morgan fingerprint density at radius 3 is 2.57 bits per heavy atom. The number of carbonyl (C=O) groups is 2. The molecule has 14 heteroatoms. The summed E-state index contributed by atoms with van der Waals surface area (Å²) in [6.45, 7) is 1.59. The second-order valence-electron chi connectivity index (χ2n) is 7.24. The van der Waals surface area contributed by atoms with Crippen LogP contribution in [0.1, 0.15) is 18.5 Å². The molecule has 0 saturated carbocycles. The summed E-state index contributed by atoms with van der Waals surface area (Å²) in [5, 5.41) is 6.81. The molecule has 0 bridgehead atoms. The van der Waals surface area contributed by atoms with E-state index in [9.17, 15) is 22.4 Å². The monoisotopic (exact) mass is 523 g/mol. The van der Waals surface area contributed by atoms with Crippen molar-refractivity contribution in [1.82, 2.24) is 4.98 Å². The lowest BCUT2D eigenvalue weighted by atomic mass is 10.1. The fourth-order valence-electron chi connectivity index (χ4n) is 2.79. The predicted molar refractivity (Wildman–Crippen MR) is 130 cm³/mol. The lowest BCUT2D eigenvalue weighted by molar-refractivity contribution is -0.119. The van der Waals surface area contributed by atoms with Gasteiger partial charge in [0.2, 0.25) is 21.7 Å². The van der Waals surface area contributed by atoms with Crippen molar-refractivity contribution in [3.63, 3.8) is 0 Å². The highest BCUT2D eigenvalue weighted by Crippen LogP contribution is 2.38. The summed E-state index contributed by atoms with van der Waals surface area (Å²) in [5.74, 6) is -2.03. The van der Waals surface area contributed by atoms with Gasteiger partial charge in [-0.1, -0.05) is 6.07 Å². The largest absolute Gasteiger partial charge is 0.493 e. The SMILES string of the molecule is COc1cccc(F)c1Oc1ccc(NS(C)(=O)=O)cc1NC(=O)Nc1nc(C(C)C(N)=O)cs1. The van der Waals surface area contributed by atoms with Crippen LogP contribution in [0.15, 0.2) is 41.8 Å². The van der Waals surface area contributed by atoms with E-state index >= 15 is 0 Å². The Bertz CT molecular complexity index is 1360. The van der Waals surface area contributed by atoms with Crippen LogP contribution < -0.4 is 30.6 Å². The predicted octanol–water partition coefficient (Wildman–Crippen LogP) is 3.69. The Kier molecular flexibility index (Phi) is 7.76. The second kappa shape index (κ2) is 10.6. The molecule has 2 aromatic carbocycles. The number of amides is 3. The standard InChI is InChI=1S/C21H22FN5O6S2/c1-11(19(23)28)15-10-34-21(25-15)26-20(29)24-14-9-12(27-35(3,30)31)7-8-16(14)33-18-13(22)5-4-6-17(18)32-2/h4-11,27H,1-3H3,(H2,23,28)(H2,24,25,26,29). The normalized spacial score (nSPS) is 11.9. The molecule has 1 atom stereocenters. The number of primary amides is 1. The quantitative estimate of drug-likeness (QED) is 0.332. The molecule has 3 amide bonds. The molecule has 3 rings (SSSR count). The smallest absolute Gasteiger partial charge is 0.325 e. The van der Waals surface area contributed by atoms with Crippen molar-refractivity contribution in [2.75, 3.05) is 28.7 Å². The number of anilines is 3. The van der Waals surface area contributed by atoms with Crippen LogP contribution >= 0.6 is 11.3 Å². The summed E-state index contributed by atoms with van der Waals surface area (Å²) in [7, 11) is -2.28. The van der Waals surface area contributed by atoms with Crippen LogP contribution in [0, 0.1) is 5.82 Å². The molecule has 11 nitrogen and oxygen atoms in total. The molecule has 0 spiro atoms. The number of rotatable bonds is 9. The number of sulfonamides is 1. The Hall–Kier alpha value is -3.91. The number of para-hydroxylation sites is 1. The molecule has 35 heavy (non-hydrogen) atoms. The first-order valence-corrected chi connectivity index (χ1v) is 12.7. The number of halogens is 1. The van der Waals surface area contributed by atoms with E-state index in [0.29, 0.717) is 5.69 Å². The van der Waals surface area contributed by atoms with Gasteiger partial charge in [0, 0.05) is 5.38 Å². The summed E-state index contributed by atoms with van der Waals surface area (Å²) < 4.78 is 50.8. The lowest BCUT2D eigenvalue weighted by Crippen LogP contribution is -2.21. The number of hydrogen-bond donors (Lipinski definition) is 4. The molecular formula is C21H22FN5O6S2. The zero-order valence-electron chi connectivity index (χ0n) is 18.8. The molecule has 0 aliphatic rings. The molecule has 0 saturated heterocycles. The van der Waals surface area contributed by atoms with Crippen molar-refractivity contribution in [2.45, 2.75) is 12.8 Å². The van der Waals surface area contributed by atoms with Crippen molar-refractivity contribution in [2.24, 2.45) is 5.73 Å². The molecule has 1 heterocycles. The molecular weight excluding hydrogens is 501 g/mol. The lowest BCUT2D eigenvalue weighted by Gasteiger charge is -2.16. The van der Waals surface area contributed by atoms with Gasteiger partial charge in [-0.25, -0.2) is 22.6 Å². The van der Waals surface area contributed by atoms with Crippen LogP contribution in [0.3, 0.4) is 0 Å². The van der Waals surface area contributed by atoms with Gasteiger partial charge in [-0.05, 0) is 37.3 Å². The summed E-state index contributed by atoms with van der Waals surface area (Å²) in [6.07, 6.45) is 0.967. The number of aromatic nitrogens is 1. The van der Waals surface area contributed by atoms with Gasteiger partial charge in [-0.3, -0.25) is 14.8 Å². The maximum Gasteiger partial charge on any atom is 0.325 e. The van der Waals surface area contributed by atoms with Gasteiger partial charge in [-0.15, -0.1) is 11.3 Å². The number of nitrogens with one attached hydrogen (secondary N) is 3. The highest BCUT2D eigenvalue weighted by molar-refractivity contribution is 7.92. The number of carbonyl (C=O) groups excluding carboxylic acids is 2. The minimum Gasteiger partial charge on any atom is -0.493 e. The molecule has 5 N–H and O–H groups in total. The van der Waals surface area contributed by atoms with Gasteiger partial charge in [0.05, 0.1) is 36.4 Å². The molecule has 3 aromatic rings. The number of hydrogen-bond acceptors (Lipinski definition) is 8. The van der Waals surface area contributed by atoms with Gasteiger partial charge in [0.25, 0.3) is 0 Å². The van der Waals surface area contributed by atoms with E-state index < -0.39 is 33.7 Å². The number of urea groups is 1. The maximum absolute atomic E-state index is 14.4. The van der Waals surface area contributed by atoms with Crippen LogP contribution in [0.5, 0.6) is 17.2 Å². The number of ether oxygens (including phenoxy) is 2. The number of methoxy groups -OCH3 is 1. The first kappa shape index (κ1) is 25.7. The van der Waals surface area contributed by atoms with Crippen LogP contribution in [0.25, 0.3) is 0 Å². The zero-order chi connectivity index (χ0) is 25.8. The van der Waals surface area contributed by atoms with Crippen LogP contribution in [0.2, 0.25) is 0 Å². The van der Waals surface area contributed by atoms with E-state index in [1.54, 1.807) is 12.3 Å². The minimum atomic E-state index is -3.62. The molecule has 1 unspecified atom stereocenters. The Morgan fingerprint density at radius 1 is 1.17 bits per heavy atom. The summed E-state index contributed by atoms with van der Waals surface area (Å²) in [4.78, 5) is 28.2. The Labute approximate surface area is 204 Å². The topological polar surface area (TPSA) is 162 Å². The van der Waals surface area contributed by atoms with Gasteiger partial charge in [-0.2, -0.15) is 0 Å². The van der Waals surface area contributed by atoms with Crippen molar-refractivity contribution in [1.29, 1.82) is 0 Å². The molecule has 186 valence electrons. The first-order valence-electron chi connectivity index (χ1n) is 9.91. The molecule has 0 radical (unpaired) electrons. The van der Waals surface area contributed by atoms with E-state index in [4.69, 9.17) is 15.2 Å². The number of nitrogens with zero attached hydrogens (tertiary/aromatic N) is 1. The van der Waals surface area contributed by atoms with E-state index in [0.717, 1.165) is 17.6 Å². The third-order valence-electron chi connectivity index (χ3n) is 4.51. The average Bonchev–Trinajstić information content (AvgIpc) is 3.23. The van der Waals surface area contributed by atoms with Crippen molar-refractivity contribution < 1.29 is 31.9 Å². The first-order chi connectivity index (χ1) is 16.5. The van der Waals surface area contributed by atoms with Crippen LogP contribution in [-0.4, -0.2) is 38.7 Å². The Morgan fingerprint density at radius 2 is 1.91 bits per heavy atom. The summed E-state index contributed by atoms with van der Waals surface area (Å²) in [6, 6.07) is 7.38. The number of nitrogens with two attached hydrogens (primary N) is 1. The van der Waals surface area contributed by atoms with Crippen molar-refractivity contribution in [3.05, 3.63) is 53.3 Å². The van der Waals surface area contributed by atoms with Crippen LogP contribution in [0.4, 0.5) is 25.7 Å². The van der Waals surface area contributed by atoms with Gasteiger partial charge >= 0.3 is 6.03 Å². The highest BCUT2D eigenvalue weighted by atomic mass is 32.2. The second-order valence-corrected chi connectivity index (χ2v) is 9.85. The van der Waals surface area contributed by atoms with E-state index in [-0.39, 0.29) is 33.8 Å². The van der Waals surface area contributed by atoms with Crippen LogP contribution in [-0.2, 0) is 14.8 Å². The van der Waals surface area contributed by atoms with Crippen molar-refractivity contribution in [3.8, 4) is 17.2 Å². The zero-order valence-corrected chi connectivity index (χ0v) is 20.4. The third-order valence-corrected chi connectivity index (χ3v) is 5.89. The van der Waals surface area contributed by atoms with E-state index in [2.05, 4.69) is 20.3 Å². The van der Waals surface area contributed by atoms with Gasteiger partial charge < -0.3 is 20.5 Å². The van der Waals surface area contributed by atoms with E-state index in [1.807, 2.05) is 0 Å². The summed E-state index contributed by atoms with van der Waals surface area (Å²) in [5.41, 5.74) is 5.82. The maximum atomic E-state index is 14.4. The molecule has 0 aliphatic carbocycles. The molecule has 0 fully saturated rings. The average molecular weight is 524 g/mol. The fraction of sp³-hybridized carbons (Fsp3) is 0.190. The number of thiazole rings is 1. The fourth-order valence-corrected chi connectivity index (χ4v) is 4.15. The highest BCUT2D eigenvalue weighted by Gasteiger charge is 2.19. The van der Waals surface area contributed by atoms with Gasteiger partial charge in [0.15, 0.2) is 22.4 Å². The number of benzene rings is 2. The molecule has 0 aliphatic heterocycles. The third kappa shape index (κ3) is 6.80. The minimum absolute atomic E-state index is 0.00443. The summed E-state index contributed by atoms with van der Waals surface area (Å²) >= 11 is 1.08. The van der Waals surface area contributed by atoms with E-state index in [1.165, 1.54) is 43.5 Å². The Balaban J connectivity index is 1.89. The van der Waals surface area contributed by atoms with Crippen molar-refractivity contribution >= 4 is 49.8 Å². The molecule has 1 aromatic heterocycles.